The molecule has 136 valence electrons. The fourth-order valence-electron chi connectivity index (χ4n) is 2.35. The molecule has 1 atom stereocenters. The first-order valence-electron chi connectivity index (χ1n) is 7.46. The van der Waals surface area contributed by atoms with Crippen LogP contribution in [-0.2, 0) is 9.63 Å². The molecule has 9 heteroatoms. The largest absolute Gasteiger partial charge is 0.573 e. The summed E-state index contributed by atoms with van der Waals surface area (Å²) in [5, 5.41) is 6.07. The molecular formula is C17H12F4N2O3. The van der Waals surface area contributed by atoms with Crippen molar-refractivity contribution in [2.45, 2.75) is 18.9 Å². The Bertz CT molecular complexity index is 852. The van der Waals surface area contributed by atoms with Gasteiger partial charge in [-0.1, -0.05) is 29.4 Å². The molecule has 1 aliphatic rings. The van der Waals surface area contributed by atoms with Gasteiger partial charge in [-0.05, 0) is 24.3 Å². The predicted molar refractivity (Wildman–Crippen MR) is 84.2 cm³/mol. The standard InChI is InChI=1S/C17H12F4N2O3/c18-11-5-3-4-10(8-11)13-9-15(26-23-13)16(24)22-12-6-1-2-7-14(12)25-17(19,20)21/h1-8,15H,9H2,(H,22,24). The van der Waals surface area contributed by atoms with Gasteiger partial charge in [-0.25, -0.2) is 4.39 Å². The molecule has 0 aromatic heterocycles. The van der Waals surface area contributed by atoms with Crippen molar-refractivity contribution in [2.24, 2.45) is 5.16 Å². The van der Waals surface area contributed by atoms with Crippen LogP contribution in [0.25, 0.3) is 0 Å². The van der Waals surface area contributed by atoms with Gasteiger partial charge in [-0.15, -0.1) is 13.2 Å². The van der Waals surface area contributed by atoms with Crippen molar-refractivity contribution in [3.05, 3.63) is 59.9 Å². The van der Waals surface area contributed by atoms with Crippen molar-refractivity contribution in [1.82, 2.24) is 0 Å². The molecule has 2 aromatic carbocycles. The first kappa shape index (κ1) is 17.7. The molecule has 2 aromatic rings. The second-order valence-corrected chi connectivity index (χ2v) is 5.38. The Morgan fingerprint density at radius 3 is 2.69 bits per heavy atom. The lowest BCUT2D eigenvalue weighted by atomic mass is 10.0. The van der Waals surface area contributed by atoms with Crippen LogP contribution in [0.15, 0.2) is 53.7 Å². The second kappa shape index (κ2) is 7.03. The van der Waals surface area contributed by atoms with Crippen molar-refractivity contribution in [3.63, 3.8) is 0 Å². The number of carbonyl (C=O) groups is 1. The highest BCUT2D eigenvalue weighted by Gasteiger charge is 2.33. The highest BCUT2D eigenvalue weighted by molar-refractivity contribution is 6.06. The zero-order chi connectivity index (χ0) is 18.7. The average Bonchev–Trinajstić information content (AvgIpc) is 3.05. The minimum Gasteiger partial charge on any atom is -0.404 e. The topological polar surface area (TPSA) is 59.9 Å². The van der Waals surface area contributed by atoms with Crippen molar-refractivity contribution in [1.29, 1.82) is 0 Å². The van der Waals surface area contributed by atoms with Gasteiger partial charge in [0.2, 0.25) is 6.10 Å². The summed E-state index contributed by atoms with van der Waals surface area (Å²) in [6, 6.07) is 10.7. The Hall–Kier alpha value is -3.10. The van der Waals surface area contributed by atoms with Crippen LogP contribution >= 0.6 is 0 Å². The molecule has 1 amide bonds. The van der Waals surface area contributed by atoms with Gasteiger partial charge in [-0.3, -0.25) is 4.79 Å². The molecule has 0 fully saturated rings. The van der Waals surface area contributed by atoms with Gasteiger partial charge >= 0.3 is 6.36 Å². The Labute approximate surface area is 145 Å². The van der Waals surface area contributed by atoms with Crippen LogP contribution in [-0.4, -0.2) is 24.1 Å². The predicted octanol–water partition coefficient (Wildman–Crippen LogP) is 3.86. The number of halogens is 4. The molecular weight excluding hydrogens is 356 g/mol. The number of anilines is 1. The van der Waals surface area contributed by atoms with Gasteiger partial charge in [0.15, 0.2) is 5.75 Å². The molecule has 0 saturated heterocycles. The molecule has 0 saturated carbocycles. The van der Waals surface area contributed by atoms with Crippen molar-refractivity contribution in [2.75, 3.05) is 5.32 Å². The molecule has 1 aliphatic heterocycles. The van der Waals surface area contributed by atoms with Gasteiger partial charge in [-0.2, -0.15) is 0 Å². The fraction of sp³-hybridized carbons (Fsp3) is 0.176. The number of oxime groups is 1. The molecule has 1 N–H and O–H groups in total. The number of rotatable bonds is 4. The summed E-state index contributed by atoms with van der Waals surface area (Å²) in [4.78, 5) is 17.3. The lowest BCUT2D eigenvalue weighted by Crippen LogP contribution is -2.28. The minimum absolute atomic E-state index is 0.0532. The Morgan fingerprint density at radius 2 is 1.96 bits per heavy atom. The summed E-state index contributed by atoms with van der Waals surface area (Å²) in [5.74, 6) is -1.70. The van der Waals surface area contributed by atoms with E-state index in [2.05, 4.69) is 15.2 Å². The van der Waals surface area contributed by atoms with Crippen LogP contribution in [0.2, 0.25) is 0 Å². The number of carbonyl (C=O) groups excluding carboxylic acids is 1. The lowest BCUT2D eigenvalue weighted by Gasteiger charge is -2.15. The summed E-state index contributed by atoms with van der Waals surface area (Å²) in [6.07, 6.45) is -5.89. The zero-order valence-corrected chi connectivity index (χ0v) is 13.1. The first-order valence-corrected chi connectivity index (χ1v) is 7.46. The maximum Gasteiger partial charge on any atom is 0.573 e. The van der Waals surface area contributed by atoms with Gasteiger partial charge in [0.1, 0.15) is 5.82 Å². The van der Waals surface area contributed by atoms with E-state index in [1.807, 2.05) is 0 Å². The van der Waals surface area contributed by atoms with Crippen molar-refractivity contribution >= 4 is 17.3 Å². The number of hydrogen-bond donors (Lipinski definition) is 1. The summed E-state index contributed by atoms with van der Waals surface area (Å²) < 4.78 is 54.4. The molecule has 1 unspecified atom stereocenters. The highest BCUT2D eigenvalue weighted by Crippen LogP contribution is 2.30. The third-order valence-corrected chi connectivity index (χ3v) is 3.49. The number of ether oxygens (including phenoxy) is 1. The van der Waals surface area contributed by atoms with Gasteiger partial charge in [0.25, 0.3) is 5.91 Å². The average molecular weight is 368 g/mol. The molecule has 3 rings (SSSR count). The van der Waals surface area contributed by atoms with E-state index in [1.54, 1.807) is 6.07 Å². The molecule has 1 heterocycles. The quantitative estimate of drug-likeness (QED) is 0.834. The molecule has 0 spiro atoms. The maximum absolute atomic E-state index is 13.3. The van der Waals surface area contributed by atoms with Gasteiger partial charge < -0.3 is 14.9 Å². The number of benzene rings is 2. The Kier molecular flexibility index (Phi) is 4.79. The number of amides is 1. The SMILES string of the molecule is O=C(Nc1ccccc1OC(F)(F)F)C1CC(c2cccc(F)c2)=NO1. The van der Waals surface area contributed by atoms with Crippen LogP contribution in [0.1, 0.15) is 12.0 Å². The summed E-state index contributed by atoms with van der Waals surface area (Å²) >= 11 is 0. The third kappa shape index (κ3) is 4.29. The highest BCUT2D eigenvalue weighted by atomic mass is 19.4. The molecule has 5 nitrogen and oxygen atoms in total. The molecule has 26 heavy (non-hydrogen) atoms. The number of hydrogen-bond acceptors (Lipinski definition) is 4. The maximum atomic E-state index is 13.3. The third-order valence-electron chi connectivity index (χ3n) is 3.49. The summed E-state index contributed by atoms with van der Waals surface area (Å²) in [7, 11) is 0. The monoisotopic (exact) mass is 368 g/mol. The van der Waals surface area contributed by atoms with Gasteiger partial charge in [0, 0.05) is 12.0 Å². The van der Waals surface area contributed by atoms with E-state index in [0.717, 1.165) is 6.07 Å². The number of para-hydroxylation sites is 2. The van der Waals surface area contributed by atoms with E-state index in [9.17, 15) is 22.4 Å². The number of nitrogens with zero attached hydrogens (tertiary/aromatic N) is 1. The second-order valence-electron chi connectivity index (χ2n) is 5.38. The molecule has 0 radical (unpaired) electrons. The zero-order valence-electron chi connectivity index (χ0n) is 13.1. The van der Waals surface area contributed by atoms with Gasteiger partial charge in [0.05, 0.1) is 11.4 Å². The first-order chi connectivity index (χ1) is 12.3. The van der Waals surface area contributed by atoms with Crippen LogP contribution in [0, 0.1) is 5.82 Å². The number of nitrogens with one attached hydrogen (secondary N) is 1. The lowest BCUT2D eigenvalue weighted by molar-refractivity contribution is -0.274. The summed E-state index contributed by atoms with van der Waals surface area (Å²) in [5.41, 5.74) is 0.670. The van der Waals surface area contributed by atoms with E-state index in [1.165, 1.54) is 36.4 Å². The van der Waals surface area contributed by atoms with Crippen molar-refractivity contribution < 1.29 is 31.9 Å². The van der Waals surface area contributed by atoms with E-state index in [4.69, 9.17) is 4.84 Å². The van der Waals surface area contributed by atoms with Crippen LogP contribution < -0.4 is 10.1 Å². The van der Waals surface area contributed by atoms with Crippen LogP contribution in [0.5, 0.6) is 5.75 Å². The fourth-order valence-corrected chi connectivity index (χ4v) is 2.35. The smallest absolute Gasteiger partial charge is 0.404 e. The minimum atomic E-state index is -4.89. The van der Waals surface area contributed by atoms with E-state index in [-0.39, 0.29) is 12.1 Å². The van der Waals surface area contributed by atoms with Crippen LogP contribution in [0.4, 0.5) is 23.2 Å². The normalized spacial score (nSPS) is 16.6. The molecule has 0 aliphatic carbocycles. The van der Waals surface area contributed by atoms with E-state index in [0.29, 0.717) is 11.3 Å². The Balaban J connectivity index is 1.67. The van der Waals surface area contributed by atoms with Crippen LogP contribution in [0.3, 0.4) is 0 Å². The molecule has 0 bridgehead atoms. The number of alkyl halides is 3. The Morgan fingerprint density at radius 1 is 1.19 bits per heavy atom. The van der Waals surface area contributed by atoms with E-state index >= 15 is 0 Å². The summed E-state index contributed by atoms with van der Waals surface area (Å²) in [6.45, 7) is 0. The van der Waals surface area contributed by atoms with Crippen molar-refractivity contribution in [3.8, 4) is 5.75 Å². The van der Waals surface area contributed by atoms with E-state index < -0.39 is 29.9 Å².